The molecule has 0 spiro atoms. The summed E-state index contributed by atoms with van der Waals surface area (Å²) in [6.45, 7) is 0. The molecule has 124 valence electrons. The second-order valence-corrected chi connectivity index (χ2v) is 8.48. The van der Waals surface area contributed by atoms with Gasteiger partial charge in [0.1, 0.15) is 12.3 Å². The van der Waals surface area contributed by atoms with Crippen molar-refractivity contribution in [1.29, 1.82) is 0 Å². The molecule has 0 aromatic carbocycles. The van der Waals surface area contributed by atoms with Crippen molar-refractivity contribution in [2.75, 3.05) is 17.8 Å². The minimum atomic E-state index is -4.27. The third-order valence-electron chi connectivity index (χ3n) is 2.22. The normalized spacial score (nSPS) is 14.5. The van der Waals surface area contributed by atoms with Crippen molar-refractivity contribution in [3.8, 4) is 0 Å². The van der Waals surface area contributed by atoms with Gasteiger partial charge in [0.2, 0.25) is 5.91 Å². The molecule has 0 aromatic rings. The summed E-state index contributed by atoms with van der Waals surface area (Å²) in [5, 5.41) is 10.6. The molecule has 0 aliphatic heterocycles. The van der Waals surface area contributed by atoms with Crippen molar-refractivity contribution in [3.63, 3.8) is 0 Å². The van der Waals surface area contributed by atoms with Gasteiger partial charge in [-0.2, -0.15) is 0 Å². The first kappa shape index (κ1) is 20.7. The molecular formula is C9H20N3O6PS2. The second-order valence-electron chi connectivity index (χ2n) is 4.14. The van der Waals surface area contributed by atoms with Crippen LogP contribution in [0.1, 0.15) is 12.8 Å². The lowest BCUT2D eigenvalue weighted by atomic mass is 10.2. The van der Waals surface area contributed by atoms with E-state index < -0.39 is 37.8 Å². The lowest BCUT2D eigenvalue weighted by Gasteiger charge is -2.12. The van der Waals surface area contributed by atoms with Crippen LogP contribution in [0.5, 0.6) is 0 Å². The van der Waals surface area contributed by atoms with E-state index in [1.54, 1.807) is 0 Å². The molecule has 12 heteroatoms. The average Bonchev–Trinajstić information content (AvgIpc) is 2.38. The highest BCUT2D eigenvalue weighted by molar-refractivity contribution is 8.76. The quantitative estimate of drug-likeness (QED) is 0.154. The zero-order chi connectivity index (χ0) is 16.5. The largest absolute Gasteiger partial charge is 0.480 e. The summed E-state index contributed by atoms with van der Waals surface area (Å²) in [5.41, 5.74) is 10.9. The van der Waals surface area contributed by atoms with E-state index in [1.807, 2.05) is 0 Å². The molecule has 0 unspecified atom stereocenters. The van der Waals surface area contributed by atoms with Crippen LogP contribution in [0.15, 0.2) is 0 Å². The van der Waals surface area contributed by atoms with E-state index in [2.05, 4.69) is 5.32 Å². The fourth-order valence-corrected chi connectivity index (χ4v) is 3.62. The van der Waals surface area contributed by atoms with E-state index in [-0.39, 0.29) is 0 Å². The van der Waals surface area contributed by atoms with Crippen LogP contribution in [0, 0.1) is 0 Å². The molecule has 1 amide bonds. The molecule has 0 saturated carbocycles. The Labute approximate surface area is 130 Å². The molecule has 0 aromatic heterocycles. The molecule has 0 radical (unpaired) electrons. The molecule has 0 saturated heterocycles. The lowest BCUT2D eigenvalue weighted by Crippen LogP contribution is -2.41. The van der Waals surface area contributed by atoms with E-state index >= 15 is 0 Å². The molecule has 0 fully saturated rings. The first-order valence-electron chi connectivity index (χ1n) is 5.94. The molecule has 0 aliphatic carbocycles. The maximum Gasteiger partial charge on any atom is 0.344 e. The maximum atomic E-state index is 11.4. The summed E-state index contributed by atoms with van der Waals surface area (Å²) in [4.78, 5) is 39.1. The number of carbonyl (C=O) groups excluding carboxylic acids is 1. The predicted molar refractivity (Wildman–Crippen MR) is 82.8 cm³/mol. The Balaban J connectivity index is 3.66. The average molecular weight is 361 g/mol. The number of nitrogens with two attached hydrogens (primary N) is 2. The smallest absolute Gasteiger partial charge is 0.344 e. The molecule has 21 heavy (non-hydrogen) atoms. The van der Waals surface area contributed by atoms with Gasteiger partial charge >= 0.3 is 13.6 Å². The summed E-state index contributed by atoms with van der Waals surface area (Å²) in [5.74, 6) is -0.531. The Hall–Kier alpha value is -0.290. The Morgan fingerprint density at radius 2 is 1.57 bits per heavy atom. The topological polar surface area (TPSA) is 176 Å². The van der Waals surface area contributed by atoms with E-state index in [0.29, 0.717) is 24.3 Å². The van der Waals surface area contributed by atoms with Crippen LogP contribution in [0.3, 0.4) is 0 Å². The van der Waals surface area contributed by atoms with Crippen LogP contribution in [-0.2, 0) is 14.2 Å². The Kier molecular flexibility index (Phi) is 10.3. The SMILES string of the molecule is N[C@@H](CCSSCC[C@H](N)C(=O)NCP(=O)(O)O)C(=O)O. The van der Waals surface area contributed by atoms with Crippen molar-refractivity contribution in [1.82, 2.24) is 5.32 Å². The van der Waals surface area contributed by atoms with Crippen molar-refractivity contribution in [2.45, 2.75) is 24.9 Å². The van der Waals surface area contributed by atoms with E-state index in [9.17, 15) is 14.2 Å². The summed E-state index contributed by atoms with van der Waals surface area (Å²) in [6.07, 6.45) is -0.0357. The number of carboxylic acid groups (broad SMARTS) is 1. The van der Waals surface area contributed by atoms with Crippen LogP contribution in [0.2, 0.25) is 0 Å². The van der Waals surface area contributed by atoms with E-state index in [1.165, 1.54) is 21.6 Å². The van der Waals surface area contributed by atoms with Crippen LogP contribution < -0.4 is 16.8 Å². The third kappa shape index (κ3) is 12.0. The summed E-state index contributed by atoms with van der Waals surface area (Å²) in [6, 6.07) is -1.72. The van der Waals surface area contributed by atoms with Crippen LogP contribution in [0.25, 0.3) is 0 Å². The summed E-state index contributed by atoms with van der Waals surface area (Å²) in [7, 11) is -1.41. The molecule has 0 rings (SSSR count). The minimum absolute atomic E-state index is 0.343. The van der Waals surface area contributed by atoms with Gasteiger partial charge in [-0.15, -0.1) is 0 Å². The molecule has 0 bridgehead atoms. The predicted octanol–water partition coefficient (Wildman–Crippen LogP) is -0.861. The first-order valence-corrected chi connectivity index (χ1v) is 10.2. The molecule has 8 N–H and O–H groups in total. The highest BCUT2D eigenvalue weighted by Gasteiger charge is 2.18. The van der Waals surface area contributed by atoms with Gasteiger partial charge in [-0.3, -0.25) is 14.2 Å². The van der Waals surface area contributed by atoms with Gasteiger partial charge < -0.3 is 31.7 Å². The molecule has 9 nitrogen and oxygen atoms in total. The van der Waals surface area contributed by atoms with Crippen LogP contribution >= 0.6 is 29.2 Å². The molecule has 0 heterocycles. The summed E-state index contributed by atoms with van der Waals surface area (Å²) >= 11 is 0. The first-order chi connectivity index (χ1) is 9.63. The van der Waals surface area contributed by atoms with Gasteiger partial charge in [0.05, 0.1) is 6.04 Å². The zero-order valence-corrected chi connectivity index (χ0v) is 13.7. The van der Waals surface area contributed by atoms with Gasteiger partial charge in [-0.05, 0) is 12.8 Å². The highest BCUT2D eigenvalue weighted by atomic mass is 33.1. The minimum Gasteiger partial charge on any atom is -0.480 e. The molecule has 2 atom stereocenters. The van der Waals surface area contributed by atoms with Crippen molar-refractivity contribution in [3.05, 3.63) is 0 Å². The standard InChI is InChI=1S/C9H20N3O6PS2/c10-6(8(13)12-5-19(16,17)18)1-3-20-21-4-2-7(11)9(14)15/h6-7H,1-5,10-11H2,(H,12,13)(H,14,15)(H2,16,17,18)/t6-,7-/m0/s1. The van der Waals surface area contributed by atoms with Crippen molar-refractivity contribution < 1.29 is 29.0 Å². The molecular weight excluding hydrogens is 341 g/mol. The van der Waals surface area contributed by atoms with Gasteiger partial charge in [-0.25, -0.2) is 0 Å². The lowest BCUT2D eigenvalue weighted by molar-refractivity contribution is -0.138. The van der Waals surface area contributed by atoms with Crippen molar-refractivity contribution in [2.24, 2.45) is 11.5 Å². The van der Waals surface area contributed by atoms with Gasteiger partial charge in [0.15, 0.2) is 0 Å². The van der Waals surface area contributed by atoms with Crippen LogP contribution in [0.4, 0.5) is 0 Å². The Morgan fingerprint density at radius 3 is 2.00 bits per heavy atom. The van der Waals surface area contributed by atoms with Gasteiger partial charge in [0.25, 0.3) is 0 Å². The highest BCUT2D eigenvalue weighted by Crippen LogP contribution is 2.32. The zero-order valence-electron chi connectivity index (χ0n) is 11.2. The fraction of sp³-hybridized carbons (Fsp3) is 0.778. The number of rotatable bonds is 11. The van der Waals surface area contributed by atoms with Crippen LogP contribution in [-0.4, -0.2) is 56.6 Å². The van der Waals surface area contributed by atoms with Gasteiger partial charge in [0, 0.05) is 11.5 Å². The maximum absolute atomic E-state index is 11.4. The fourth-order valence-electron chi connectivity index (χ4n) is 1.03. The third-order valence-corrected chi connectivity index (χ3v) is 5.26. The number of nitrogens with one attached hydrogen (secondary N) is 1. The van der Waals surface area contributed by atoms with Gasteiger partial charge in [-0.1, -0.05) is 21.6 Å². The van der Waals surface area contributed by atoms with Crippen molar-refractivity contribution >= 4 is 41.1 Å². The number of carboxylic acids is 1. The number of hydrogen-bond donors (Lipinski definition) is 6. The molecule has 0 aliphatic rings. The monoisotopic (exact) mass is 361 g/mol. The number of amides is 1. The Bertz CT molecular complexity index is 394. The number of carbonyl (C=O) groups is 2. The summed E-state index contributed by atoms with van der Waals surface area (Å²) < 4.78 is 10.6. The van der Waals surface area contributed by atoms with E-state index in [0.717, 1.165) is 0 Å². The number of aliphatic carboxylic acids is 1. The Morgan fingerprint density at radius 1 is 1.10 bits per heavy atom. The number of hydrogen-bond acceptors (Lipinski definition) is 7. The van der Waals surface area contributed by atoms with E-state index in [4.69, 9.17) is 26.4 Å². The second kappa shape index (κ2) is 10.4.